The van der Waals surface area contributed by atoms with Crippen LogP contribution in [-0.2, 0) is 22.6 Å². The molecule has 0 bridgehead atoms. The molecule has 314 valence electrons. The summed E-state index contributed by atoms with van der Waals surface area (Å²) in [5, 5.41) is 5.08. The van der Waals surface area contributed by atoms with E-state index in [2.05, 4.69) is 227 Å². The number of ether oxygens (including phenoxy) is 2. The minimum atomic E-state index is 0.148. The van der Waals surface area contributed by atoms with Crippen molar-refractivity contribution in [3.05, 3.63) is 194 Å². The molecule has 8 aromatic carbocycles. The average molecular weight is 835 g/mol. The number of para-hydroxylation sites is 4. The van der Waals surface area contributed by atoms with Crippen LogP contribution >= 0.6 is 0 Å². The minimum absolute atomic E-state index is 0.148. The predicted molar refractivity (Wildman–Crippen MR) is 265 cm³/mol. The van der Waals surface area contributed by atoms with E-state index < -0.39 is 0 Å². The first-order chi connectivity index (χ1) is 31.4. The monoisotopic (exact) mass is 834 g/mol. The van der Waals surface area contributed by atoms with Crippen molar-refractivity contribution in [2.24, 2.45) is 10.8 Å². The van der Waals surface area contributed by atoms with Crippen molar-refractivity contribution in [2.45, 2.75) is 26.9 Å². The Morgan fingerprint density at radius 3 is 1.06 bits per heavy atom. The highest BCUT2D eigenvalue weighted by atomic mass is 16.5. The zero-order chi connectivity index (χ0) is 42.8. The van der Waals surface area contributed by atoms with Gasteiger partial charge in [0.05, 0.1) is 26.4 Å². The maximum atomic E-state index is 5.66. The number of hydrogen-bond acceptors (Lipinski definition) is 4. The average Bonchev–Trinajstić information content (AvgIpc) is 3.80. The molecule has 6 nitrogen and oxygen atoms in total. The van der Waals surface area contributed by atoms with Crippen molar-refractivity contribution in [1.29, 1.82) is 0 Å². The molecule has 4 heterocycles. The van der Waals surface area contributed by atoms with Crippen molar-refractivity contribution in [1.82, 2.24) is 9.13 Å². The molecule has 64 heavy (non-hydrogen) atoms. The Bertz CT molecular complexity index is 3080. The number of anilines is 6. The highest BCUT2D eigenvalue weighted by molar-refractivity contribution is 6.10. The minimum Gasteiger partial charge on any atom is -0.380 e. The Morgan fingerprint density at radius 1 is 0.359 bits per heavy atom. The number of rotatable bonds is 11. The topological polar surface area (TPSA) is 34.8 Å². The van der Waals surface area contributed by atoms with Gasteiger partial charge < -0.3 is 28.4 Å². The fraction of sp³-hybridized carbons (Fsp3) is 0.172. The molecule has 2 aliphatic rings. The second-order valence-electron chi connectivity index (χ2n) is 18.7. The Hall–Kier alpha value is -7.12. The molecule has 2 saturated heterocycles. The highest BCUT2D eigenvalue weighted by Gasteiger charge is 2.36. The predicted octanol–water partition coefficient (Wildman–Crippen LogP) is 14.6. The Balaban J connectivity index is 0.881. The summed E-state index contributed by atoms with van der Waals surface area (Å²) in [5.74, 6) is 0. The molecule has 2 aliphatic heterocycles. The van der Waals surface area contributed by atoms with Gasteiger partial charge in [-0.1, -0.05) is 111 Å². The van der Waals surface area contributed by atoms with Gasteiger partial charge in [0.2, 0.25) is 0 Å². The summed E-state index contributed by atoms with van der Waals surface area (Å²) >= 11 is 0. The molecule has 0 atom stereocenters. The normalized spacial score (nSPS) is 15.3. The molecule has 0 N–H and O–H groups in total. The summed E-state index contributed by atoms with van der Waals surface area (Å²) in [5.41, 5.74) is 14.4. The fourth-order valence-electron chi connectivity index (χ4n) is 10.2. The van der Waals surface area contributed by atoms with Crippen LogP contribution in [0.15, 0.2) is 194 Å². The molecule has 0 spiro atoms. The first-order valence-corrected chi connectivity index (χ1v) is 22.5. The van der Waals surface area contributed by atoms with E-state index in [1.54, 1.807) is 0 Å². The van der Waals surface area contributed by atoms with Crippen molar-refractivity contribution in [3.63, 3.8) is 0 Å². The van der Waals surface area contributed by atoms with Gasteiger partial charge in [-0.2, -0.15) is 0 Å². The van der Waals surface area contributed by atoms with E-state index in [4.69, 9.17) is 9.47 Å². The Labute approximate surface area is 374 Å². The van der Waals surface area contributed by atoms with E-state index in [0.717, 1.165) is 73.6 Å². The zero-order valence-electron chi connectivity index (χ0n) is 36.3. The molecular weight excluding hydrogens is 785 g/mol. The maximum Gasteiger partial charge on any atom is 0.0559 e. The van der Waals surface area contributed by atoms with E-state index in [0.29, 0.717) is 0 Å². The van der Waals surface area contributed by atoms with E-state index in [1.807, 2.05) is 0 Å². The second kappa shape index (κ2) is 15.3. The lowest BCUT2D eigenvalue weighted by Crippen LogP contribution is -2.43. The summed E-state index contributed by atoms with van der Waals surface area (Å²) in [7, 11) is 0. The molecular formula is C58H50N4O2. The molecule has 2 aromatic heterocycles. The third-order valence-corrected chi connectivity index (χ3v) is 13.5. The van der Waals surface area contributed by atoms with E-state index in [1.165, 1.54) is 54.7 Å². The quantitative estimate of drug-likeness (QED) is 0.130. The van der Waals surface area contributed by atoms with Crippen LogP contribution in [0, 0.1) is 10.8 Å². The van der Waals surface area contributed by atoms with Crippen molar-refractivity contribution < 1.29 is 9.47 Å². The second-order valence-corrected chi connectivity index (χ2v) is 18.7. The summed E-state index contributed by atoms with van der Waals surface area (Å²) in [6.45, 7) is 9.72. The van der Waals surface area contributed by atoms with Gasteiger partial charge in [0.25, 0.3) is 0 Å². The SMILES string of the molecule is CC1(Cn2c3ccccc3c3cc(N(c4ccccc4)c4ccc(-c5ccc(N(c6ccccc6)c6ccc7c(c6)c6ccccc6n7CC6(C)COC6)cc5)cc4)ccc32)COC1. The Morgan fingerprint density at radius 2 is 0.688 bits per heavy atom. The van der Waals surface area contributed by atoms with Crippen LogP contribution in [-0.4, -0.2) is 35.6 Å². The molecule has 0 amide bonds. The van der Waals surface area contributed by atoms with Crippen LogP contribution in [0.4, 0.5) is 34.1 Å². The van der Waals surface area contributed by atoms with Crippen molar-refractivity contribution in [2.75, 3.05) is 36.2 Å². The third kappa shape index (κ3) is 6.64. The first-order valence-electron chi connectivity index (χ1n) is 22.5. The van der Waals surface area contributed by atoms with Gasteiger partial charge in [-0.15, -0.1) is 0 Å². The standard InChI is InChI=1S/C58H50N4O2/c1-57(37-63-38-57)35-59-53-19-11-9-17-49(53)51-33-47(29-31-55(51)59)61(43-13-5-3-6-14-43)45-25-21-41(22-26-45)42-23-27-46(28-24-42)62(44-15-7-4-8-16-44)48-30-32-56-52(34-48)50-18-10-12-20-54(50)60(56)36-58(2)39-64-40-58/h3-34H,35-40H2,1-2H3. The molecule has 6 heteroatoms. The molecule has 0 saturated carbocycles. The van der Waals surface area contributed by atoms with Crippen LogP contribution in [0.3, 0.4) is 0 Å². The molecule has 0 unspecified atom stereocenters. The molecule has 12 rings (SSSR count). The maximum absolute atomic E-state index is 5.66. The van der Waals surface area contributed by atoms with Crippen LogP contribution in [0.25, 0.3) is 54.7 Å². The van der Waals surface area contributed by atoms with Crippen LogP contribution in [0.2, 0.25) is 0 Å². The van der Waals surface area contributed by atoms with Gasteiger partial charge in [0.1, 0.15) is 0 Å². The van der Waals surface area contributed by atoms with Crippen LogP contribution in [0.1, 0.15) is 13.8 Å². The number of fused-ring (bicyclic) bond motifs is 6. The van der Waals surface area contributed by atoms with Crippen molar-refractivity contribution in [3.8, 4) is 11.1 Å². The molecule has 2 fully saturated rings. The third-order valence-electron chi connectivity index (χ3n) is 13.5. The van der Waals surface area contributed by atoms with Gasteiger partial charge in [-0.05, 0) is 108 Å². The Kier molecular flexibility index (Phi) is 9.22. The molecule has 0 radical (unpaired) electrons. The fourth-order valence-corrected chi connectivity index (χ4v) is 10.2. The molecule has 0 aliphatic carbocycles. The van der Waals surface area contributed by atoms with Crippen molar-refractivity contribution >= 4 is 77.7 Å². The first kappa shape index (κ1) is 38.5. The van der Waals surface area contributed by atoms with Crippen LogP contribution < -0.4 is 9.80 Å². The van der Waals surface area contributed by atoms with Gasteiger partial charge in [-0.3, -0.25) is 0 Å². The highest BCUT2D eigenvalue weighted by Crippen LogP contribution is 2.43. The summed E-state index contributed by atoms with van der Waals surface area (Å²) in [4.78, 5) is 4.74. The van der Waals surface area contributed by atoms with Gasteiger partial charge >= 0.3 is 0 Å². The summed E-state index contributed by atoms with van der Waals surface area (Å²) < 4.78 is 16.3. The zero-order valence-corrected chi connectivity index (χ0v) is 36.3. The summed E-state index contributed by atoms with van der Waals surface area (Å²) in [6, 6.07) is 70.9. The largest absolute Gasteiger partial charge is 0.380 e. The number of aromatic nitrogens is 2. The number of benzene rings is 8. The lowest BCUT2D eigenvalue weighted by Gasteiger charge is -2.38. The van der Waals surface area contributed by atoms with E-state index in [-0.39, 0.29) is 10.8 Å². The smallest absolute Gasteiger partial charge is 0.0559 e. The van der Waals surface area contributed by atoms with E-state index in [9.17, 15) is 0 Å². The summed E-state index contributed by atoms with van der Waals surface area (Å²) in [6.07, 6.45) is 0. The molecule has 10 aromatic rings. The van der Waals surface area contributed by atoms with E-state index >= 15 is 0 Å². The van der Waals surface area contributed by atoms with Gasteiger partial charge in [-0.25, -0.2) is 0 Å². The van der Waals surface area contributed by atoms with Crippen LogP contribution in [0.5, 0.6) is 0 Å². The number of hydrogen-bond donors (Lipinski definition) is 0. The lowest BCUT2D eigenvalue weighted by atomic mass is 9.88. The lowest BCUT2D eigenvalue weighted by molar-refractivity contribution is -0.109. The van der Waals surface area contributed by atoms with Gasteiger partial charge in [0, 0.05) is 102 Å². The number of nitrogens with zero attached hydrogens (tertiary/aromatic N) is 4. The van der Waals surface area contributed by atoms with Gasteiger partial charge in [0.15, 0.2) is 0 Å².